The van der Waals surface area contributed by atoms with Crippen molar-refractivity contribution in [1.82, 2.24) is 0 Å². The van der Waals surface area contributed by atoms with E-state index in [0.29, 0.717) is 0 Å². The van der Waals surface area contributed by atoms with E-state index in [1.54, 1.807) is 0 Å². The molecule has 1 aliphatic rings. The van der Waals surface area contributed by atoms with Gasteiger partial charge in [0.1, 0.15) is 5.92 Å². The van der Waals surface area contributed by atoms with Crippen LogP contribution in [0.15, 0.2) is 0 Å². The van der Waals surface area contributed by atoms with E-state index in [9.17, 15) is 13.6 Å². The molecule has 1 saturated carbocycles. The second kappa shape index (κ2) is 4.04. The number of halogens is 2. The van der Waals surface area contributed by atoms with E-state index in [2.05, 4.69) is 0 Å². The molecular weight excluding hydrogens is 188 g/mol. The fourth-order valence-electron chi connectivity index (χ4n) is 1.74. The van der Waals surface area contributed by atoms with E-state index in [0.717, 1.165) is 0 Å². The van der Waals surface area contributed by atoms with Crippen LogP contribution in [0, 0.1) is 23.2 Å². The van der Waals surface area contributed by atoms with Gasteiger partial charge >= 0.3 is 0 Å². The molecule has 0 saturated heterocycles. The highest BCUT2D eigenvalue weighted by Gasteiger charge is 2.38. The summed E-state index contributed by atoms with van der Waals surface area (Å²) in [5.41, 5.74) is 0. The Labute approximate surface area is 81.9 Å². The van der Waals surface area contributed by atoms with Gasteiger partial charge in [-0.1, -0.05) is 0 Å². The summed E-state index contributed by atoms with van der Waals surface area (Å²) in [5, 5.41) is 8.52. The monoisotopic (exact) mass is 201 g/mol. The highest BCUT2D eigenvalue weighted by Crippen LogP contribution is 2.37. The van der Waals surface area contributed by atoms with Gasteiger partial charge in [-0.25, -0.2) is 8.78 Å². The van der Waals surface area contributed by atoms with Crippen molar-refractivity contribution in [1.29, 1.82) is 5.26 Å². The molecule has 4 heteroatoms. The van der Waals surface area contributed by atoms with E-state index in [1.807, 2.05) is 6.07 Å². The number of Topliss-reactive ketones (excluding diaryl/α,β-unsaturated/α-hetero) is 1. The molecule has 0 bridgehead atoms. The number of nitriles is 1. The molecule has 0 amide bonds. The van der Waals surface area contributed by atoms with Gasteiger partial charge in [-0.3, -0.25) is 4.79 Å². The van der Waals surface area contributed by atoms with E-state index in [1.165, 1.54) is 6.92 Å². The topological polar surface area (TPSA) is 40.9 Å². The van der Waals surface area contributed by atoms with Crippen molar-refractivity contribution < 1.29 is 13.6 Å². The van der Waals surface area contributed by atoms with E-state index < -0.39 is 11.8 Å². The van der Waals surface area contributed by atoms with Crippen LogP contribution < -0.4 is 0 Å². The Bertz CT molecular complexity index is 260. The summed E-state index contributed by atoms with van der Waals surface area (Å²) >= 11 is 0. The Hall–Kier alpha value is -0.980. The summed E-state index contributed by atoms with van der Waals surface area (Å²) in [6, 6.07) is 1.85. The van der Waals surface area contributed by atoms with Crippen molar-refractivity contribution in [2.75, 3.05) is 0 Å². The van der Waals surface area contributed by atoms with E-state index in [4.69, 9.17) is 5.26 Å². The molecule has 2 nitrogen and oxygen atoms in total. The summed E-state index contributed by atoms with van der Waals surface area (Å²) in [5.74, 6) is -3.77. The summed E-state index contributed by atoms with van der Waals surface area (Å²) in [6.07, 6.45) is -0.00117. The molecule has 1 aliphatic carbocycles. The van der Waals surface area contributed by atoms with Crippen LogP contribution in [0.1, 0.15) is 32.6 Å². The molecule has 0 aromatic carbocycles. The first-order valence-corrected chi connectivity index (χ1v) is 4.77. The van der Waals surface area contributed by atoms with Crippen molar-refractivity contribution in [2.24, 2.45) is 11.8 Å². The lowest BCUT2D eigenvalue weighted by molar-refractivity contribution is -0.128. The molecule has 78 valence electrons. The van der Waals surface area contributed by atoms with Gasteiger partial charge in [-0.05, 0) is 19.8 Å². The maximum Gasteiger partial charge on any atom is 0.248 e. The van der Waals surface area contributed by atoms with Gasteiger partial charge in [0.05, 0.1) is 6.07 Å². The molecule has 0 aromatic rings. The Kier molecular flexibility index (Phi) is 3.20. The molecule has 1 unspecified atom stereocenters. The predicted molar refractivity (Wildman–Crippen MR) is 46.7 cm³/mol. The standard InChI is InChI=1S/C10H13F2NO/c1-7(6-13)9(14)8-2-4-10(11,12)5-3-8/h7-8H,2-5H2,1H3. The lowest BCUT2D eigenvalue weighted by Crippen LogP contribution is -2.30. The van der Waals surface area contributed by atoms with Gasteiger partial charge in [-0.2, -0.15) is 5.26 Å². The van der Waals surface area contributed by atoms with Crippen LogP contribution in [-0.4, -0.2) is 11.7 Å². The average molecular weight is 201 g/mol. The van der Waals surface area contributed by atoms with Crippen LogP contribution in [0.5, 0.6) is 0 Å². The fraction of sp³-hybridized carbons (Fsp3) is 0.800. The molecule has 0 spiro atoms. The number of ketones is 1. The van der Waals surface area contributed by atoms with Crippen LogP contribution in [-0.2, 0) is 4.79 Å². The maximum absolute atomic E-state index is 12.7. The van der Waals surface area contributed by atoms with Crippen LogP contribution in [0.2, 0.25) is 0 Å². The molecule has 1 atom stereocenters. The zero-order valence-electron chi connectivity index (χ0n) is 8.09. The van der Waals surface area contributed by atoms with Gasteiger partial charge in [-0.15, -0.1) is 0 Å². The second-order valence-corrected chi connectivity index (χ2v) is 3.88. The number of alkyl halides is 2. The molecule has 1 fully saturated rings. The molecule has 0 radical (unpaired) electrons. The summed E-state index contributed by atoms with van der Waals surface area (Å²) in [4.78, 5) is 11.5. The minimum absolute atomic E-state index is 0.178. The maximum atomic E-state index is 12.7. The quantitative estimate of drug-likeness (QED) is 0.688. The Morgan fingerprint density at radius 3 is 2.43 bits per heavy atom. The molecular formula is C10H13F2NO. The van der Waals surface area contributed by atoms with Gasteiger partial charge in [0, 0.05) is 18.8 Å². The smallest absolute Gasteiger partial charge is 0.248 e. The molecule has 1 rings (SSSR count). The van der Waals surface area contributed by atoms with E-state index >= 15 is 0 Å². The molecule has 0 heterocycles. The zero-order chi connectivity index (χ0) is 10.8. The Morgan fingerprint density at radius 1 is 1.50 bits per heavy atom. The zero-order valence-corrected chi connectivity index (χ0v) is 8.09. The van der Waals surface area contributed by atoms with Gasteiger partial charge in [0.15, 0.2) is 5.78 Å². The number of nitrogens with zero attached hydrogens (tertiary/aromatic N) is 1. The highest BCUT2D eigenvalue weighted by atomic mass is 19.3. The Balaban J connectivity index is 2.51. The van der Waals surface area contributed by atoms with Crippen LogP contribution in [0.3, 0.4) is 0 Å². The molecule has 14 heavy (non-hydrogen) atoms. The SMILES string of the molecule is CC(C#N)C(=O)C1CCC(F)(F)CC1. The fourth-order valence-corrected chi connectivity index (χ4v) is 1.74. The highest BCUT2D eigenvalue weighted by molar-refractivity contribution is 5.85. The minimum atomic E-state index is -2.60. The third-order valence-electron chi connectivity index (χ3n) is 2.74. The van der Waals surface area contributed by atoms with Crippen LogP contribution in [0.4, 0.5) is 8.78 Å². The van der Waals surface area contributed by atoms with Gasteiger partial charge < -0.3 is 0 Å². The lowest BCUT2D eigenvalue weighted by atomic mass is 9.81. The van der Waals surface area contributed by atoms with Crippen molar-refractivity contribution in [3.63, 3.8) is 0 Å². The minimum Gasteiger partial charge on any atom is -0.298 e. The third-order valence-corrected chi connectivity index (χ3v) is 2.74. The first kappa shape index (κ1) is 11.1. The van der Waals surface area contributed by atoms with Crippen LogP contribution >= 0.6 is 0 Å². The van der Waals surface area contributed by atoms with Gasteiger partial charge in [0.2, 0.25) is 5.92 Å². The number of hydrogen-bond donors (Lipinski definition) is 0. The Morgan fingerprint density at radius 2 is 2.00 bits per heavy atom. The number of hydrogen-bond acceptors (Lipinski definition) is 2. The summed E-state index contributed by atoms with van der Waals surface area (Å²) < 4.78 is 25.5. The first-order chi connectivity index (χ1) is 6.46. The van der Waals surface area contributed by atoms with Crippen LogP contribution in [0.25, 0.3) is 0 Å². The normalized spacial score (nSPS) is 23.9. The molecule has 0 aliphatic heterocycles. The largest absolute Gasteiger partial charge is 0.298 e. The van der Waals surface area contributed by atoms with Gasteiger partial charge in [0.25, 0.3) is 0 Å². The third kappa shape index (κ3) is 2.50. The number of carbonyl (C=O) groups excluding carboxylic acids is 1. The number of carbonyl (C=O) groups is 1. The van der Waals surface area contributed by atoms with Crippen molar-refractivity contribution >= 4 is 5.78 Å². The second-order valence-electron chi connectivity index (χ2n) is 3.88. The number of rotatable bonds is 2. The van der Waals surface area contributed by atoms with Crippen molar-refractivity contribution in [3.05, 3.63) is 0 Å². The molecule has 0 aromatic heterocycles. The van der Waals surface area contributed by atoms with Crippen molar-refractivity contribution in [3.8, 4) is 6.07 Å². The van der Waals surface area contributed by atoms with E-state index in [-0.39, 0.29) is 37.4 Å². The predicted octanol–water partition coefficient (Wildman–Crippen LogP) is 2.54. The van der Waals surface area contributed by atoms with Crippen molar-refractivity contribution in [2.45, 2.75) is 38.5 Å². The first-order valence-electron chi connectivity index (χ1n) is 4.77. The summed E-state index contributed by atoms with van der Waals surface area (Å²) in [7, 11) is 0. The molecule has 0 N–H and O–H groups in total. The lowest BCUT2D eigenvalue weighted by Gasteiger charge is -2.27. The average Bonchev–Trinajstić information content (AvgIpc) is 2.15. The summed E-state index contributed by atoms with van der Waals surface area (Å²) in [6.45, 7) is 1.52.